The average Bonchev–Trinajstić information content (AvgIpc) is 2.79. The Hall–Kier alpha value is -1.00. The minimum atomic E-state index is 0.00882. The maximum Gasteiger partial charge on any atom is 0.0593 e. The molecule has 5 heteroatoms. The topological polar surface area (TPSA) is 29.9 Å². The van der Waals surface area contributed by atoms with Gasteiger partial charge >= 0.3 is 0 Å². The molecule has 0 atom stereocenters. The van der Waals surface area contributed by atoms with Gasteiger partial charge in [0.25, 0.3) is 0 Å². The Labute approximate surface area is 127 Å². The molecular weight excluding hydrogens is 326 g/mol. The van der Waals surface area contributed by atoms with Crippen LogP contribution in [0.25, 0.3) is 0 Å². The lowest BCUT2D eigenvalue weighted by molar-refractivity contribution is 0.355. The number of aromatic nitrogens is 2. The zero-order chi connectivity index (χ0) is 14.0. The molecule has 0 bridgehead atoms. The van der Waals surface area contributed by atoms with E-state index in [9.17, 15) is 0 Å². The van der Waals surface area contributed by atoms with E-state index in [0.29, 0.717) is 5.02 Å². The first kappa shape index (κ1) is 14.4. The Kier molecular flexibility index (Phi) is 4.21. The molecule has 0 fully saturated rings. The zero-order valence-electron chi connectivity index (χ0n) is 11.2. The maximum absolute atomic E-state index is 6.06. The van der Waals surface area contributed by atoms with Crippen LogP contribution in [0.2, 0.25) is 5.02 Å². The largest absolute Gasteiger partial charge is 0.380 e. The molecule has 2 aromatic rings. The highest BCUT2D eigenvalue weighted by Gasteiger charge is 2.13. The summed E-state index contributed by atoms with van der Waals surface area (Å²) in [6.07, 6.45) is 3.95. The van der Waals surface area contributed by atoms with Crippen LogP contribution in [0.1, 0.15) is 26.3 Å². The number of anilines is 1. The van der Waals surface area contributed by atoms with Crippen molar-refractivity contribution in [1.82, 2.24) is 9.78 Å². The van der Waals surface area contributed by atoms with Crippen molar-refractivity contribution in [2.24, 2.45) is 0 Å². The summed E-state index contributed by atoms with van der Waals surface area (Å²) in [5.41, 5.74) is 2.13. The zero-order valence-corrected chi connectivity index (χ0v) is 13.6. The molecule has 0 saturated heterocycles. The summed E-state index contributed by atoms with van der Waals surface area (Å²) < 4.78 is 2.86. The molecule has 19 heavy (non-hydrogen) atoms. The summed E-state index contributed by atoms with van der Waals surface area (Å²) >= 11 is 9.53. The summed E-state index contributed by atoms with van der Waals surface area (Å²) in [7, 11) is 0. The van der Waals surface area contributed by atoms with E-state index in [-0.39, 0.29) is 5.54 Å². The van der Waals surface area contributed by atoms with Crippen molar-refractivity contribution in [3.63, 3.8) is 0 Å². The molecule has 3 nitrogen and oxygen atoms in total. The molecule has 1 aromatic heterocycles. The minimum Gasteiger partial charge on any atom is -0.380 e. The highest BCUT2D eigenvalue weighted by atomic mass is 79.9. The van der Waals surface area contributed by atoms with Crippen LogP contribution in [0, 0.1) is 0 Å². The van der Waals surface area contributed by atoms with Crippen LogP contribution in [0.5, 0.6) is 0 Å². The second-order valence-corrected chi connectivity index (χ2v) is 6.62. The molecule has 0 radical (unpaired) electrons. The lowest BCUT2D eigenvalue weighted by atomic mass is 10.1. The van der Waals surface area contributed by atoms with Gasteiger partial charge in [0.1, 0.15) is 0 Å². The fraction of sp³-hybridized carbons (Fsp3) is 0.357. The van der Waals surface area contributed by atoms with Crippen molar-refractivity contribution in [2.75, 3.05) is 5.32 Å². The number of halogens is 2. The predicted molar refractivity (Wildman–Crippen MR) is 83.7 cm³/mol. The fourth-order valence-electron chi connectivity index (χ4n) is 1.66. The Bertz CT molecular complexity index is 572. The van der Waals surface area contributed by atoms with Gasteiger partial charge in [0.2, 0.25) is 0 Å². The fourth-order valence-corrected chi connectivity index (χ4v) is 2.23. The van der Waals surface area contributed by atoms with Crippen molar-refractivity contribution in [2.45, 2.75) is 32.9 Å². The molecule has 102 valence electrons. The van der Waals surface area contributed by atoms with E-state index in [4.69, 9.17) is 11.6 Å². The smallest absolute Gasteiger partial charge is 0.0593 e. The van der Waals surface area contributed by atoms with Crippen molar-refractivity contribution in [3.05, 3.63) is 45.7 Å². The van der Waals surface area contributed by atoms with Gasteiger partial charge in [-0.2, -0.15) is 5.10 Å². The van der Waals surface area contributed by atoms with Crippen molar-refractivity contribution in [1.29, 1.82) is 0 Å². The first-order chi connectivity index (χ1) is 8.88. The van der Waals surface area contributed by atoms with Gasteiger partial charge in [-0.1, -0.05) is 17.7 Å². The lowest BCUT2D eigenvalue weighted by Crippen LogP contribution is -2.21. The van der Waals surface area contributed by atoms with Gasteiger partial charge in [-0.3, -0.25) is 4.68 Å². The molecule has 0 aliphatic carbocycles. The van der Waals surface area contributed by atoms with Crippen molar-refractivity contribution < 1.29 is 0 Å². The highest BCUT2D eigenvalue weighted by molar-refractivity contribution is 9.10. The molecule has 0 saturated carbocycles. The molecule has 0 aliphatic rings. The quantitative estimate of drug-likeness (QED) is 0.878. The van der Waals surface area contributed by atoms with Crippen LogP contribution < -0.4 is 5.32 Å². The van der Waals surface area contributed by atoms with Crippen LogP contribution in [-0.4, -0.2) is 9.78 Å². The number of rotatable bonds is 3. The van der Waals surface area contributed by atoms with Crippen LogP contribution in [0.3, 0.4) is 0 Å². The molecule has 2 rings (SSSR count). The monoisotopic (exact) mass is 341 g/mol. The third-order valence-corrected chi connectivity index (χ3v) is 4.16. The molecule has 0 spiro atoms. The molecular formula is C14H17BrClN3. The normalized spacial score (nSPS) is 11.6. The maximum atomic E-state index is 6.06. The van der Waals surface area contributed by atoms with Crippen molar-refractivity contribution in [3.8, 4) is 0 Å². The molecule has 0 unspecified atom stereocenters. The second-order valence-electron chi connectivity index (χ2n) is 5.42. The van der Waals surface area contributed by atoms with Crippen LogP contribution in [0.4, 0.5) is 5.69 Å². The van der Waals surface area contributed by atoms with E-state index in [1.165, 1.54) is 0 Å². The van der Waals surface area contributed by atoms with Crippen LogP contribution in [0.15, 0.2) is 35.1 Å². The summed E-state index contributed by atoms with van der Waals surface area (Å²) in [6, 6.07) is 5.77. The van der Waals surface area contributed by atoms with E-state index < -0.39 is 0 Å². The van der Waals surface area contributed by atoms with Crippen molar-refractivity contribution >= 4 is 33.2 Å². The second kappa shape index (κ2) is 5.55. The summed E-state index contributed by atoms with van der Waals surface area (Å²) in [4.78, 5) is 0. The number of hydrogen-bond acceptors (Lipinski definition) is 2. The number of hydrogen-bond donors (Lipinski definition) is 1. The Morgan fingerprint density at radius 3 is 2.74 bits per heavy atom. The molecule has 1 N–H and O–H groups in total. The first-order valence-electron chi connectivity index (χ1n) is 6.10. The molecule has 1 aromatic carbocycles. The SMILES string of the molecule is CC(C)(C)n1cc(CNc2cccc(Cl)c2Br)cn1. The molecule has 0 amide bonds. The van der Waals surface area contributed by atoms with E-state index in [2.05, 4.69) is 53.3 Å². The van der Waals surface area contributed by atoms with Gasteiger partial charge in [0, 0.05) is 18.3 Å². The number of nitrogens with one attached hydrogen (secondary N) is 1. The number of nitrogens with zero attached hydrogens (tertiary/aromatic N) is 2. The first-order valence-corrected chi connectivity index (χ1v) is 7.27. The Morgan fingerprint density at radius 1 is 1.37 bits per heavy atom. The van der Waals surface area contributed by atoms with Gasteiger partial charge in [0.15, 0.2) is 0 Å². The standard InChI is InChI=1S/C14H17BrClN3/c1-14(2,3)19-9-10(8-18-19)7-17-12-6-4-5-11(16)13(12)15/h4-6,8-9,17H,7H2,1-3H3. The van der Waals surface area contributed by atoms with Gasteiger partial charge in [-0.05, 0) is 48.8 Å². The Balaban J connectivity index is 2.07. The van der Waals surface area contributed by atoms with Gasteiger partial charge in [-0.25, -0.2) is 0 Å². The summed E-state index contributed by atoms with van der Waals surface area (Å²) in [5, 5.41) is 8.43. The van der Waals surface area contributed by atoms with E-state index in [1.807, 2.05) is 29.1 Å². The van der Waals surface area contributed by atoms with E-state index in [1.54, 1.807) is 0 Å². The molecule has 0 aliphatic heterocycles. The third kappa shape index (κ3) is 3.51. The van der Waals surface area contributed by atoms with Gasteiger partial charge in [0.05, 0.1) is 26.9 Å². The van der Waals surface area contributed by atoms with Gasteiger partial charge in [-0.15, -0.1) is 0 Å². The Morgan fingerprint density at radius 2 is 2.11 bits per heavy atom. The van der Waals surface area contributed by atoms with E-state index in [0.717, 1.165) is 22.3 Å². The highest BCUT2D eigenvalue weighted by Crippen LogP contribution is 2.30. The van der Waals surface area contributed by atoms with E-state index >= 15 is 0 Å². The van der Waals surface area contributed by atoms with Gasteiger partial charge < -0.3 is 5.32 Å². The van der Waals surface area contributed by atoms with Crippen LogP contribution in [-0.2, 0) is 12.1 Å². The predicted octanol–water partition coefficient (Wildman–Crippen LogP) is 4.67. The lowest BCUT2D eigenvalue weighted by Gasteiger charge is -2.18. The summed E-state index contributed by atoms with van der Waals surface area (Å²) in [5.74, 6) is 0. The molecule has 1 heterocycles. The number of benzene rings is 1. The van der Waals surface area contributed by atoms with Crippen LogP contribution >= 0.6 is 27.5 Å². The third-order valence-electron chi connectivity index (χ3n) is 2.76. The summed E-state index contributed by atoms with van der Waals surface area (Å²) in [6.45, 7) is 7.11. The average molecular weight is 343 g/mol. The minimum absolute atomic E-state index is 0.00882.